The number of alkyl halides is 3. The molecule has 0 radical (unpaired) electrons. The summed E-state index contributed by atoms with van der Waals surface area (Å²) in [6, 6.07) is 6.15. The minimum Gasteiger partial charge on any atom is -0.496 e. The van der Waals surface area contributed by atoms with Crippen LogP contribution in [0.25, 0.3) is 0 Å². The lowest BCUT2D eigenvalue weighted by Gasteiger charge is -2.16. The third-order valence-corrected chi connectivity index (χ3v) is 2.64. The van der Waals surface area contributed by atoms with E-state index in [-0.39, 0.29) is 13.2 Å². The van der Waals surface area contributed by atoms with Gasteiger partial charge in [0.15, 0.2) is 0 Å². The quantitative estimate of drug-likeness (QED) is 0.811. The second-order valence-electron chi connectivity index (χ2n) is 4.67. The number of amides is 2. The highest BCUT2D eigenvalue weighted by Gasteiger charge is 2.27. The van der Waals surface area contributed by atoms with Crippen LogP contribution in [0.5, 0.6) is 5.75 Å². The first-order valence-electron chi connectivity index (χ1n) is 6.62. The van der Waals surface area contributed by atoms with Gasteiger partial charge in [-0.25, -0.2) is 4.79 Å². The fourth-order valence-corrected chi connectivity index (χ4v) is 1.69. The van der Waals surface area contributed by atoms with Crippen LogP contribution >= 0.6 is 0 Å². The Morgan fingerprint density at radius 1 is 1.32 bits per heavy atom. The highest BCUT2D eigenvalue weighted by Crippen LogP contribution is 2.16. The lowest BCUT2D eigenvalue weighted by molar-refractivity contribution is -0.174. The number of nitrogens with one attached hydrogen (secondary N) is 2. The molecule has 1 aromatic carbocycles. The maximum atomic E-state index is 11.9. The molecule has 8 heteroatoms. The molecule has 0 aromatic heterocycles. The van der Waals surface area contributed by atoms with Gasteiger partial charge in [-0.3, -0.25) is 0 Å². The average Bonchev–Trinajstić information content (AvgIpc) is 2.44. The molecule has 0 unspecified atom stereocenters. The second-order valence-corrected chi connectivity index (χ2v) is 4.67. The van der Waals surface area contributed by atoms with E-state index in [2.05, 4.69) is 15.4 Å². The van der Waals surface area contributed by atoms with Crippen LogP contribution in [-0.4, -0.2) is 38.6 Å². The lowest BCUT2D eigenvalue weighted by atomic mass is 10.2. The van der Waals surface area contributed by atoms with Crippen LogP contribution in [0.15, 0.2) is 24.3 Å². The molecule has 0 spiro atoms. The van der Waals surface area contributed by atoms with Crippen LogP contribution in [-0.2, 0) is 11.3 Å². The van der Waals surface area contributed by atoms with Gasteiger partial charge in [-0.1, -0.05) is 18.2 Å². The number of methoxy groups -OCH3 is 1. The molecule has 0 saturated heterocycles. The van der Waals surface area contributed by atoms with Gasteiger partial charge in [0, 0.05) is 12.1 Å². The topological polar surface area (TPSA) is 59.6 Å². The van der Waals surface area contributed by atoms with Gasteiger partial charge in [0.1, 0.15) is 12.4 Å². The number of urea groups is 1. The molecule has 2 N–H and O–H groups in total. The summed E-state index contributed by atoms with van der Waals surface area (Å²) < 4.78 is 45.4. The molecule has 0 saturated carbocycles. The predicted octanol–water partition coefficient (Wildman–Crippen LogP) is 2.46. The minimum atomic E-state index is -4.37. The van der Waals surface area contributed by atoms with Crippen molar-refractivity contribution in [3.05, 3.63) is 29.8 Å². The van der Waals surface area contributed by atoms with E-state index in [1.54, 1.807) is 19.1 Å². The molecule has 1 aromatic rings. The van der Waals surface area contributed by atoms with Gasteiger partial charge in [-0.05, 0) is 13.0 Å². The Bertz CT molecular complexity index is 481. The normalized spacial score (nSPS) is 12.6. The molecule has 22 heavy (non-hydrogen) atoms. The smallest absolute Gasteiger partial charge is 0.411 e. The second kappa shape index (κ2) is 8.47. The van der Waals surface area contributed by atoms with E-state index in [9.17, 15) is 18.0 Å². The van der Waals surface area contributed by atoms with Crippen molar-refractivity contribution in [1.29, 1.82) is 0 Å². The monoisotopic (exact) mass is 320 g/mol. The summed E-state index contributed by atoms with van der Waals surface area (Å²) in [6.07, 6.45) is -4.37. The number of hydrogen-bond acceptors (Lipinski definition) is 3. The fourth-order valence-electron chi connectivity index (χ4n) is 1.69. The predicted molar refractivity (Wildman–Crippen MR) is 74.7 cm³/mol. The molecule has 0 aliphatic rings. The summed E-state index contributed by atoms with van der Waals surface area (Å²) in [5.41, 5.74) is 0.793. The van der Waals surface area contributed by atoms with E-state index in [0.29, 0.717) is 5.75 Å². The number of hydrogen-bond donors (Lipinski definition) is 2. The summed E-state index contributed by atoms with van der Waals surface area (Å²) in [5.74, 6) is 0.643. The SMILES string of the molecule is COc1ccccc1CNC(=O)N[C@@H](C)COCC(F)(F)F. The number of para-hydroxylation sites is 1. The molecule has 5 nitrogen and oxygen atoms in total. The number of benzene rings is 1. The number of carbonyl (C=O) groups is 1. The summed E-state index contributed by atoms with van der Waals surface area (Å²) in [4.78, 5) is 11.6. The van der Waals surface area contributed by atoms with Gasteiger partial charge >= 0.3 is 12.2 Å². The first kappa shape index (κ1) is 18.1. The summed E-state index contributed by atoms with van der Waals surface area (Å²) in [6.45, 7) is 0.245. The Hall–Kier alpha value is -1.96. The largest absolute Gasteiger partial charge is 0.496 e. The summed E-state index contributed by atoms with van der Waals surface area (Å²) >= 11 is 0. The van der Waals surface area contributed by atoms with Crippen molar-refractivity contribution in [2.45, 2.75) is 25.7 Å². The number of ether oxygens (including phenoxy) is 2. The molecular weight excluding hydrogens is 301 g/mol. The average molecular weight is 320 g/mol. The molecule has 1 atom stereocenters. The molecule has 2 amide bonds. The lowest BCUT2D eigenvalue weighted by Crippen LogP contribution is -2.42. The van der Waals surface area contributed by atoms with Gasteiger partial charge in [0.25, 0.3) is 0 Å². The van der Waals surface area contributed by atoms with Gasteiger partial charge in [-0.15, -0.1) is 0 Å². The highest BCUT2D eigenvalue weighted by atomic mass is 19.4. The Kier molecular flexibility index (Phi) is 6.97. The molecular formula is C14H19F3N2O3. The van der Waals surface area contributed by atoms with Crippen molar-refractivity contribution >= 4 is 6.03 Å². The van der Waals surface area contributed by atoms with E-state index >= 15 is 0 Å². The van der Waals surface area contributed by atoms with Crippen molar-refractivity contribution in [1.82, 2.24) is 10.6 Å². The zero-order valence-electron chi connectivity index (χ0n) is 12.4. The van der Waals surface area contributed by atoms with Crippen molar-refractivity contribution in [2.75, 3.05) is 20.3 Å². The fraction of sp³-hybridized carbons (Fsp3) is 0.500. The molecule has 0 heterocycles. The molecule has 0 fully saturated rings. The van der Waals surface area contributed by atoms with Crippen LogP contribution in [0.1, 0.15) is 12.5 Å². The van der Waals surface area contributed by atoms with E-state index in [1.165, 1.54) is 7.11 Å². The van der Waals surface area contributed by atoms with Gasteiger partial charge in [0.2, 0.25) is 0 Å². The zero-order chi connectivity index (χ0) is 16.6. The maximum absolute atomic E-state index is 11.9. The van der Waals surface area contributed by atoms with Crippen molar-refractivity contribution in [2.24, 2.45) is 0 Å². The van der Waals surface area contributed by atoms with E-state index in [0.717, 1.165) is 5.56 Å². The molecule has 1 rings (SSSR count). The molecule has 0 aliphatic carbocycles. The number of halogens is 3. The first-order valence-corrected chi connectivity index (χ1v) is 6.62. The first-order chi connectivity index (χ1) is 10.3. The Morgan fingerprint density at radius 2 is 2.00 bits per heavy atom. The zero-order valence-corrected chi connectivity index (χ0v) is 12.4. The van der Waals surface area contributed by atoms with Crippen LogP contribution < -0.4 is 15.4 Å². The van der Waals surface area contributed by atoms with Crippen molar-refractivity contribution in [3.63, 3.8) is 0 Å². The van der Waals surface area contributed by atoms with Crippen LogP contribution in [0.3, 0.4) is 0 Å². The van der Waals surface area contributed by atoms with Crippen molar-refractivity contribution < 1.29 is 27.4 Å². The summed E-state index contributed by atoms with van der Waals surface area (Å²) in [5, 5.41) is 5.09. The van der Waals surface area contributed by atoms with Gasteiger partial charge < -0.3 is 20.1 Å². The Labute approximate surface area is 126 Å². The third kappa shape index (κ3) is 7.16. The Morgan fingerprint density at radius 3 is 2.64 bits per heavy atom. The van der Waals surface area contributed by atoms with Crippen LogP contribution in [0.2, 0.25) is 0 Å². The third-order valence-electron chi connectivity index (χ3n) is 2.64. The number of carbonyl (C=O) groups excluding carboxylic acids is 1. The van der Waals surface area contributed by atoms with E-state index in [4.69, 9.17) is 4.74 Å². The van der Waals surface area contributed by atoms with E-state index < -0.39 is 24.9 Å². The van der Waals surface area contributed by atoms with Crippen molar-refractivity contribution in [3.8, 4) is 5.75 Å². The van der Waals surface area contributed by atoms with Gasteiger partial charge in [0.05, 0.1) is 19.8 Å². The maximum Gasteiger partial charge on any atom is 0.411 e. The minimum absolute atomic E-state index is 0.221. The molecule has 124 valence electrons. The highest BCUT2D eigenvalue weighted by molar-refractivity contribution is 5.74. The summed E-state index contributed by atoms with van der Waals surface area (Å²) in [7, 11) is 1.53. The number of rotatable bonds is 7. The molecule has 0 bridgehead atoms. The Balaban J connectivity index is 2.31. The van der Waals surface area contributed by atoms with Gasteiger partial charge in [-0.2, -0.15) is 13.2 Å². The van der Waals surface area contributed by atoms with Crippen LogP contribution in [0, 0.1) is 0 Å². The van der Waals surface area contributed by atoms with Crippen LogP contribution in [0.4, 0.5) is 18.0 Å². The van der Waals surface area contributed by atoms with E-state index in [1.807, 2.05) is 12.1 Å². The standard InChI is InChI=1S/C14H19F3N2O3/c1-10(8-22-9-14(15,16)17)19-13(20)18-7-11-5-3-4-6-12(11)21-2/h3-6,10H,7-9H2,1-2H3,(H2,18,19,20)/t10-/m0/s1. The molecule has 0 aliphatic heterocycles.